The lowest BCUT2D eigenvalue weighted by molar-refractivity contribution is -0.129. The first-order chi connectivity index (χ1) is 14.6. The number of ether oxygens (including phenoxy) is 1. The Balaban J connectivity index is 1.57. The van der Waals surface area contributed by atoms with Crippen molar-refractivity contribution in [2.24, 2.45) is 5.92 Å². The number of piperidine rings is 1. The number of carbonyl (C=O) groups excluding carboxylic acids is 2. The number of likely N-dealkylation sites (tertiary alicyclic amines) is 1. The quantitative estimate of drug-likeness (QED) is 0.671. The van der Waals surface area contributed by atoms with Crippen LogP contribution in [0.2, 0.25) is 0 Å². The molecule has 1 atom stereocenters. The van der Waals surface area contributed by atoms with Crippen LogP contribution in [0, 0.1) is 5.92 Å². The molecular formula is C24H32N2O4. The van der Waals surface area contributed by atoms with Crippen LogP contribution >= 0.6 is 0 Å². The Kier molecular flexibility index (Phi) is 6.42. The number of aliphatic hydroxyl groups excluding tert-OH is 1. The summed E-state index contributed by atoms with van der Waals surface area (Å²) in [6, 6.07) is 7.07. The van der Waals surface area contributed by atoms with Crippen molar-refractivity contribution in [3.05, 3.63) is 41.2 Å². The van der Waals surface area contributed by atoms with Gasteiger partial charge in [-0.15, -0.1) is 0 Å². The van der Waals surface area contributed by atoms with Gasteiger partial charge in [0.1, 0.15) is 5.75 Å². The van der Waals surface area contributed by atoms with E-state index in [2.05, 4.69) is 11.8 Å². The van der Waals surface area contributed by atoms with E-state index in [1.165, 1.54) is 19.3 Å². The zero-order valence-corrected chi connectivity index (χ0v) is 17.8. The molecule has 3 aliphatic rings. The minimum atomic E-state index is -0.518. The molecule has 1 aliphatic carbocycles. The fourth-order valence-electron chi connectivity index (χ4n) is 4.45. The Morgan fingerprint density at radius 3 is 2.43 bits per heavy atom. The number of Topliss-reactive ketones (excluding diaryl/α,β-unsaturated/α-hetero) is 1. The van der Waals surface area contributed by atoms with Gasteiger partial charge in [0.25, 0.3) is 5.91 Å². The maximum absolute atomic E-state index is 13.0. The van der Waals surface area contributed by atoms with E-state index in [1.54, 1.807) is 4.90 Å². The van der Waals surface area contributed by atoms with Crippen LogP contribution in [0.15, 0.2) is 35.6 Å². The molecule has 30 heavy (non-hydrogen) atoms. The topological polar surface area (TPSA) is 70.1 Å². The Morgan fingerprint density at radius 2 is 1.80 bits per heavy atom. The van der Waals surface area contributed by atoms with Crippen molar-refractivity contribution in [3.63, 3.8) is 0 Å². The van der Waals surface area contributed by atoms with Gasteiger partial charge in [-0.1, -0.05) is 25.5 Å². The van der Waals surface area contributed by atoms with E-state index in [0.29, 0.717) is 13.2 Å². The third-order valence-corrected chi connectivity index (χ3v) is 6.29. The molecule has 0 bridgehead atoms. The van der Waals surface area contributed by atoms with Gasteiger partial charge in [-0.25, -0.2) is 0 Å². The number of carbonyl (C=O) groups is 2. The highest BCUT2D eigenvalue weighted by Crippen LogP contribution is 2.43. The molecule has 2 aliphatic heterocycles. The fourth-order valence-corrected chi connectivity index (χ4v) is 4.45. The van der Waals surface area contributed by atoms with Gasteiger partial charge in [0, 0.05) is 19.0 Å². The zero-order chi connectivity index (χ0) is 21.1. The van der Waals surface area contributed by atoms with Crippen molar-refractivity contribution in [3.8, 4) is 5.75 Å². The smallest absolute Gasteiger partial charge is 0.290 e. The van der Waals surface area contributed by atoms with Gasteiger partial charge >= 0.3 is 0 Å². The second-order valence-corrected chi connectivity index (χ2v) is 8.62. The van der Waals surface area contributed by atoms with Crippen LogP contribution in [0.5, 0.6) is 5.75 Å². The van der Waals surface area contributed by atoms with Gasteiger partial charge in [-0.05, 0) is 62.9 Å². The number of ketones is 1. The van der Waals surface area contributed by atoms with Gasteiger partial charge in [0.2, 0.25) is 0 Å². The molecule has 6 nitrogen and oxygen atoms in total. The molecule has 2 fully saturated rings. The summed E-state index contributed by atoms with van der Waals surface area (Å²) in [5.41, 5.74) is 1.13. The third kappa shape index (κ3) is 4.38. The number of rotatable bonds is 9. The van der Waals surface area contributed by atoms with E-state index in [9.17, 15) is 14.7 Å². The Labute approximate surface area is 178 Å². The average molecular weight is 413 g/mol. The number of benzene rings is 1. The van der Waals surface area contributed by atoms with Crippen molar-refractivity contribution in [1.29, 1.82) is 0 Å². The predicted octanol–water partition coefficient (Wildman–Crippen LogP) is 3.64. The minimum Gasteiger partial charge on any atom is -0.503 e. The van der Waals surface area contributed by atoms with Crippen molar-refractivity contribution in [1.82, 2.24) is 9.80 Å². The normalized spacial score (nSPS) is 22.6. The van der Waals surface area contributed by atoms with E-state index in [1.807, 2.05) is 24.3 Å². The van der Waals surface area contributed by atoms with E-state index >= 15 is 0 Å². The summed E-state index contributed by atoms with van der Waals surface area (Å²) >= 11 is 0. The Morgan fingerprint density at radius 1 is 1.10 bits per heavy atom. The zero-order valence-electron chi connectivity index (χ0n) is 17.8. The van der Waals surface area contributed by atoms with Crippen LogP contribution < -0.4 is 4.74 Å². The summed E-state index contributed by atoms with van der Waals surface area (Å²) < 4.78 is 5.68. The molecule has 6 heteroatoms. The van der Waals surface area contributed by atoms with Gasteiger partial charge in [0.15, 0.2) is 11.5 Å². The van der Waals surface area contributed by atoms with E-state index in [-0.39, 0.29) is 23.0 Å². The number of hydrogen-bond donors (Lipinski definition) is 1. The second kappa shape index (κ2) is 9.21. The summed E-state index contributed by atoms with van der Waals surface area (Å²) in [5, 5.41) is 10.6. The van der Waals surface area contributed by atoms with Crippen molar-refractivity contribution >= 4 is 11.7 Å². The fraction of sp³-hybridized carbons (Fsp3) is 0.583. The molecule has 1 aromatic rings. The Hall–Kier alpha value is -2.34. The molecule has 1 saturated heterocycles. The molecule has 0 radical (unpaired) electrons. The van der Waals surface area contributed by atoms with Crippen LogP contribution in [0.25, 0.3) is 0 Å². The highest BCUT2D eigenvalue weighted by atomic mass is 16.5. The van der Waals surface area contributed by atoms with Gasteiger partial charge in [-0.3, -0.25) is 9.59 Å². The lowest BCUT2D eigenvalue weighted by atomic mass is 9.94. The van der Waals surface area contributed by atoms with Gasteiger partial charge in [-0.2, -0.15) is 0 Å². The molecule has 1 aromatic carbocycles. The lowest BCUT2D eigenvalue weighted by Gasteiger charge is -2.31. The number of aliphatic hydroxyl groups is 1. The summed E-state index contributed by atoms with van der Waals surface area (Å²) in [5.74, 6) is -0.133. The first kappa shape index (κ1) is 20.9. The molecule has 0 aromatic heterocycles. The van der Waals surface area contributed by atoms with Gasteiger partial charge < -0.3 is 19.6 Å². The minimum absolute atomic E-state index is 0.0494. The van der Waals surface area contributed by atoms with Crippen LogP contribution in [-0.4, -0.2) is 59.4 Å². The van der Waals surface area contributed by atoms with Crippen LogP contribution in [0.4, 0.5) is 0 Å². The molecule has 0 spiro atoms. The summed E-state index contributed by atoms with van der Waals surface area (Å²) in [6.45, 7) is 6.06. The predicted molar refractivity (Wildman–Crippen MR) is 114 cm³/mol. The molecule has 2 heterocycles. The molecule has 1 amide bonds. The number of hydrogen-bond acceptors (Lipinski definition) is 5. The molecule has 162 valence electrons. The third-order valence-electron chi connectivity index (χ3n) is 6.29. The van der Waals surface area contributed by atoms with Crippen molar-refractivity contribution in [2.75, 3.05) is 32.8 Å². The summed E-state index contributed by atoms with van der Waals surface area (Å²) in [6.07, 6.45) is 6.25. The second-order valence-electron chi connectivity index (χ2n) is 8.62. The largest absolute Gasteiger partial charge is 0.503 e. The highest BCUT2D eigenvalue weighted by molar-refractivity contribution is 6.10. The monoisotopic (exact) mass is 412 g/mol. The first-order valence-corrected chi connectivity index (χ1v) is 11.3. The standard InChI is InChI=1S/C24H32N2O4/c1-2-16-30-19-10-8-17(9-11-19)21-20(22(27)18-6-7-18)23(28)24(29)26(21)15-14-25-12-4-3-5-13-25/h8-11,18,21,28H,2-7,12-16H2,1H3. The number of nitrogens with zero attached hydrogens (tertiary/aromatic N) is 2. The van der Waals surface area contributed by atoms with Crippen LogP contribution in [0.1, 0.15) is 57.1 Å². The summed E-state index contributed by atoms with van der Waals surface area (Å²) in [4.78, 5) is 30.0. The van der Waals surface area contributed by atoms with E-state index in [4.69, 9.17) is 4.74 Å². The highest BCUT2D eigenvalue weighted by Gasteiger charge is 2.46. The van der Waals surface area contributed by atoms with Crippen LogP contribution in [-0.2, 0) is 9.59 Å². The molecular weight excluding hydrogens is 380 g/mol. The van der Waals surface area contributed by atoms with Crippen molar-refractivity contribution < 1.29 is 19.4 Å². The molecule has 1 saturated carbocycles. The van der Waals surface area contributed by atoms with E-state index < -0.39 is 11.9 Å². The Bertz CT molecular complexity index is 807. The number of amides is 1. The van der Waals surface area contributed by atoms with Gasteiger partial charge in [0.05, 0.1) is 18.2 Å². The maximum Gasteiger partial charge on any atom is 0.290 e. The van der Waals surface area contributed by atoms with E-state index in [0.717, 1.165) is 50.2 Å². The maximum atomic E-state index is 13.0. The van der Waals surface area contributed by atoms with Crippen LogP contribution in [0.3, 0.4) is 0 Å². The molecule has 1 unspecified atom stereocenters. The lowest BCUT2D eigenvalue weighted by Crippen LogP contribution is -2.40. The first-order valence-electron chi connectivity index (χ1n) is 11.3. The molecule has 1 N–H and O–H groups in total. The molecule has 4 rings (SSSR count). The average Bonchev–Trinajstić information content (AvgIpc) is 3.59. The SMILES string of the molecule is CCCOc1ccc(C2C(C(=O)C3CC3)=C(O)C(=O)N2CCN2CCCCC2)cc1. The van der Waals surface area contributed by atoms with Crippen molar-refractivity contribution in [2.45, 2.75) is 51.5 Å². The summed E-state index contributed by atoms with van der Waals surface area (Å²) in [7, 11) is 0.